The van der Waals surface area contributed by atoms with Crippen molar-refractivity contribution in [2.45, 2.75) is 0 Å². The topological polar surface area (TPSA) is 53.0 Å². The Balaban J connectivity index is 4.53. The van der Waals surface area contributed by atoms with E-state index >= 15 is 0 Å². The Bertz CT molecular complexity index is 298. The Kier molecular flexibility index (Phi) is 6.51. The van der Waals surface area contributed by atoms with Crippen LogP contribution < -0.4 is 0 Å². The van der Waals surface area contributed by atoms with Gasteiger partial charge in [-0.2, -0.15) is 4.99 Å². The Hall–Kier alpha value is -1.91. The molecule has 0 saturated heterocycles. The Labute approximate surface area is 95.7 Å². The molecule has 0 bridgehead atoms. The molecule has 16 heavy (non-hydrogen) atoms. The van der Waals surface area contributed by atoms with E-state index in [-0.39, 0.29) is 0 Å². The van der Waals surface area contributed by atoms with E-state index in [1.165, 1.54) is 11.2 Å². The maximum absolute atomic E-state index is 11.6. The van der Waals surface area contributed by atoms with Gasteiger partial charge in [0.1, 0.15) is 0 Å². The summed E-state index contributed by atoms with van der Waals surface area (Å²) in [5.41, 5.74) is 0. The highest BCUT2D eigenvalue weighted by molar-refractivity contribution is 6.36. The largest absolute Gasteiger partial charge is 0.369 e. The van der Waals surface area contributed by atoms with Gasteiger partial charge in [-0.15, -0.1) is 13.2 Å². The molecule has 0 aromatic rings. The number of aliphatic imine (C=N–C) groups is 1. The zero-order valence-corrected chi connectivity index (χ0v) is 9.72. The lowest BCUT2D eigenvalue weighted by Gasteiger charge is -2.16. The molecule has 0 aliphatic rings. The molecule has 5 heteroatoms. The maximum Gasteiger partial charge on any atom is 0.336 e. The van der Waals surface area contributed by atoms with E-state index in [2.05, 4.69) is 18.2 Å². The summed E-state index contributed by atoms with van der Waals surface area (Å²) in [4.78, 5) is 29.3. The molecule has 0 aliphatic heterocycles. The van der Waals surface area contributed by atoms with E-state index in [1.54, 1.807) is 31.1 Å². The fourth-order valence-corrected chi connectivity index (χ4v) is 0.910. The summed E-state index contributed by atoms with van der Waals surface area (Å²) in [6, 6.07) is 0. The molecule has 0 aromatic carbocycles. The molecular weight excluding hydrogens is 206 g/mol. The molecule has 0 saturated carbocycles. The Morgan fingerprint density at radius 3 is 2.06 bits per heavy atom. The Morgan fingerprint density at radius 1 is 1.19 bits per heavy atom. The molecule has 0 unspecified atom stereocenters. The maximum atomic E-state index is 11.6. The molecule has 0 N–H and O–H groups in total. The molecule has 0 radical (unpaired) electrons. The highest BCUT2D eigenvalue weighted by atomic mass is 16.2. The molecule has 0 rings (SSSR count). The summed E-state index contributed by atoms with van der Waals surface area (Å²) in [5, 5.41) is 0. The van der Waals surface area contributed by atoms with Gasteiger partial charge >= 0.3 is 11.8 Å². The first-order valence-electron chi connectivity index (χ1n) is 4.78. The van der Waals surface area contributed by atoms with Crippen molar-refractivity contribution in [1.29, 1.82) is 0 Å². The van der Waals surface area contributed by atoms with E-state index in [0.717, 1.165) is 0 Å². The molecular formula is C11H17N3O2. The van der Waals surface area contributed by atoms with Crippen molar-refractivity contribution in [1.82, 2.24) is 9.80 Å². The van der Waals surface area contributed by atoms with Gasteiger partial charge in [-0.25, -0.2) is 0 Å². The third kappa shape index (κ3) is 5.09. The SMILES string of the molecule is C=CCN(CC=C)C(=O)C(=O)N=CN(C)C. The highest BCUT2D eigenvalue weighted by Gasteiger charge is 2.18. The van der Waals surface area contributed by atoms with Crippen molar-refractivity contribution in [2.24, 2.45) is 4.99 Å². The van der Waals surface area contributed by atoms with Crippen molar-refractivity contribution in [3.63, 3.8) is 0 Å². The van der Waals surface area contributed by atoms with Gasteiger partial charge in [0.15, 0.2) is 0 Å². The molecule has 2 amide bonds. The first-order chi connectivity index (χ1) is 7.52. The number of hydrogen-bond acceptors (Lipinski definition) is 2. The van der Waals surface area contributed by atoms with E-state index in [0.29, 0.717) is 13.1 Å². The van der Waals surface area contributed by atoms with Crippen LogP contribution in [0.4, 0.5) is 0 Å². The van der Waals surface area contributed by atoms with Crippen LogP contribution in [0, 0.1) is 0 Å². The van der Waals surface area contributed by atoms with Gasteiger partial charge in [0.05, 0.1) is 6.34 Å². The van der Waals surface area contributed by atoms with Crippen molar-refractivity contribution in [2.75, 3.05) is 27.2 Å². The number of hydrogen-bond donors (Lipinski definition) is 0. The number of carbonyl (C=O) groups excluding carboxylic acids is 2. The standard InChI is InChI=1S/C11H17N3O2/c1-5-7-14(8-6-2)11(16)10(15)12-9-13(3)4/h5-6,9H,1-2,7-8H2,3-4H3. The normalized spacial score (nSPS) is 9.88. The summed E-state index contributed by atoms with van der Waals surface area (Å²) >= 11 is 0. The van der Waals surface area contributed by atoms with Crippen LogP contribution >= 0.6 is 0 Å². The molecule has 0 aliphatic carbocycles. The lowest BCUT2D eigenvalue weighted by atomic mass is 10.4. The Morgan fingerprint density at radius 2 is 1.69 bits per heavy atom. The molecule has 0 atom stereocenters. The molecule has 0 spiro atoms. The van der Waals surface area contributed by atoms with Gasteiger partial charge in [0.2, 0.25) is 0 Å². The minimum absolute atomic E-state index is 0.300. The van der Waals surface area contributed by atoms with Gasteiger partial charge in [-0.3, -0.25) is 9.59 Å². The summed E-state index contributed by atoms with van der Waals surface area (Å²) in [6.45, 7) is 7.62. The van der Waals surface area contributed by atoms with Crippen molar-refractivity contribution >= 4 is 18.2 Å². The van der Waals surface area contributed by atoms with Crippen LogP contribution in [0.25, 0.3) is 0 Å². The van der Waals surface area contributed by atoms with Gasteiger partial charge in [-0.1, -0.05) is 12.2 Å². The predicted octanol–water partition coefficient (Wildman–Crippen LogP) is 0.303. The second-order valence-corrected chi connectivity index (χ2v) is 3.30. The smallest absolute Gasteiger partial charge is 0.336 e. The number of rotatable bonds is 5. The van der Waals surface area contributed by atoms with E-state index < -0.39 is 11.8 Å². The first kappa shape index (κ1) is 14.1. The van der Waals surface area contributed by atoms with Crippen molar-refractivity contribution in [3.8, 4) is 0 Å². The predicted molar refractivity (Wildman–Crippen MR) is 64.2 cm³/mol. The van der Waals surface area contributed by atoms with E-state index in [9.17, 15) is 9.59 Å². The summed E-state index contributed by atoms with van der Waals surface area (Å²) in [5.74, 6) is -1.45. The molecule has 0 aromatic heterocycles. The van der Waals surface area contributed by atoms with Gasteiger partial charge in [-0.05, 0) is 0 Å². The lowest BCUT2D eigenvalue weighted by Crippen LogP contribution is -2.36. The second kappa shape index (κ2) is 7.39. The fourth-order valence-electron chi connectivity index (χ4n) is 0.910. The number of amides is 2. The number of carbonyl (C=O) groups is 2. The van der Waals surface area contributed by atoms with Crippen LogP contribution in [0.3, 0.4) is 0 Å². The van der Waals surface area contributed by atoms with E-state index in [4.69, 9.17) is 0 Å². The molecule has 5 nitrogen and oxygen atoms in total. The monoisotopic (exact) mass is 223 g/mol. The van der Waals surface area contributed by atoms with Gasteiger partial charge in [0, 0.05) is 27.2 Å². The molecule has 88 valence electrons. The minimum atomic E-state index is -0.794. The molecule has 0 heterocycles. The average Bonchev–Trinajstić information content (AvgIpc) is 2.24. The van der Waals surface area contributed by atoms with Crippen LogP contribution in [0.15, 0.2) is 30.3 Å². The zero-order valence-electron chi connectivity index (χ0n) is 9.72. The van der Waals surface area contributed by atoms with Crippen LogP contribution in [0.5, 0.6) is 0 Å². The van der Waals surface area contributed by atoms with E-state index in [1.807, 2.05) is 0 Å². The average molecular weight is 223 g/mol. The second-order valence-electron chi connectivity index (χ2n) is 3.30. The number of nitrogens with zero attached hydrogens (tertiary/aromatic N) is 3. The van der Waals surface area contributed by atoms with Crippen LogP contribution in [-0.4, -0.2) is 55.1 Å². The fraction of sp³-hybridized carbons (Fsp3) is 0.364. The van der Waals surface area contributed by atoms with Crippen LogP contribution in [0.1, 0.15) is 0 Å². The van der Waals surface area contributed by atoms with Crippen molar-refractivity contribution < 1.29 is 9.59 Å². The van der Waals surface area contributed by atoms with Gasteiger partial charge < -0.3 is 9.80 Å². The van der Waals surface area contributed by atoms with Crippen LogP contribution in [0.2, 0.25) is 0 Å². The minimum Gasteiger partial charge on any atom is -0.369 e. The molecule has 0 fully saturated rings. The summed E-state index contributed by atoms with van der Waals surface area (Å²) in [7, 11) is 3.43. The van der Waals surface area contributed by atoms with Crippen LogP contribution in [-0.2, 0) is 9.59 Å². The first-order valence-corrected chi connectivity index (χ1v) is 4.78. The zero-order chi connectivity index (χ0) is 12.6. The highest BCUT2D eigenvalue weighted by Crippen LogP contribution is 1.93. The van der Waals surface area contributed by atoms with Crippen molar-refractivity contribution in [3.05, 3.63) is 25.3 Å². The summed E-state index contributed by atoms with van der Waals surface area (Å²) < 4.78 is 0. The third-order valence-electron chi connectivity index (χ3n) is 1.58. The summed E-state index contributed by atoms with van der Waals surface area (Å²) in [6.07, 6.45) is 4.38. The quantitative estimate of drug-likeness (QED) is 0.291. The van der Waals surface area contributed by atoms with Gasteiger partial charge in [0.25, 0.3) is 0 Å². The third-order valence-corrected chi connectivity index (χ3v) is 1.58. The lowest BCUT2D eigenvalue weighted by molar-refractivity contribution is -0.143.